The van der Waals surface area contributed by atoms with Gasteiger partial charge in [-0.2, -0.15) is 0 Å². The van der Waals surface area contributed by atoms with Gasteiger partial charge in [-0.15, -0.1) is 0 Å². The Kier molecular flexibility index (Phi) is 8.40. The van der Waals surface area contributed by atoms with Gasteiger partial charge in [0.05, 0.1) is 6.10 Å². The van der Waals surface area contributed by atoms with Gasteiger partial charge >= 0.3 is 0 Å². The summed E-state index contributed by atoms with van der Waals surface area (Å²) in [5.41, 5.74) is 3.92. The van der Waals surface area contributed by atoms with Crippen LogP contribution in [0.15, 0.2) is 54.6 Å². The Hall–Kier alpha value is -2.37. The normalized spacial score (nSPS) is 24.8. The number of fused-ring (bicyclic) bond motifs is 1. The lowest BCUT2D eigenvalue weighted by Gasteiger charge is -2.42. The van der Waals surface area contributed by atoms with Crippen LogP contribution in [0.1, 0.15) is 87.0 Å². The number of hydrogen-bond acceptors (Lipinski definition) is 1. The number of benzene rings is 2. The summed E-state index contributed by atoms with van der Waals surface area (Å²) < 4.78 is 20.9. The van der Waals surface area contributed by atoms with Crippen LogP contribution >= 0.6 is 0 Å². The molecule has 0 saturated heterocycles. The SMILES string of the molecule is C/C=C/CCc1ccc(C#Cc2ccc(C3CCC4CC(OCC)CCC4C3)c(F)c2)cc1. The first kappa shape index (κ1) is 23.8. The molecule has 4 unspecified atom stereocenters. The van der Waals surface area contributed by atoms with Gasteiger partial charge in [-0.3, -0.25) is 0 Å². The summed E-state index contributed by atoms with van der Waals surface area (Å²) >= 11 is 0. The number of halogens is 1. The van der Waals surface area contributed by atoms with E-state index in [2.05, 4.69) is 55.2 Å². The molecule has 2 aromatic carbocycles. The Labute approximate surface area is 199 Å². The highest BCUT2D eigenvalue weighted by molar-refractivity contribution is 5.45. The van der Waals surface area contributed by atoms with E-state index in [1.165, 1.54) is 24.8 Å². The summed E-state index contributed by atoms with van der Waals surface area (Å²) in [6.45, 7) is 4.95. The van der Waals surface area contributed by atoms with Gasteiger partial charge in [-0.25, -0.2) is 4.39 Å². The third-order valence-electron chi connectivity index (χ3n) is 7.55. The van der Waals surface area contributed by atoms with Crippen molar-refractivity contribution in [2.45, 2.75) is 77.2 Å². The fraction of sp³-hybridized carbons (Fsp3) is 0.484. The van der Waals surface area contributed by atoms with E-state index < -0.39 is 0 Å². The van der Waals surface area contributed by atoms with Crippen LogP contribution in [0, 0.1) is 29.5 Å². The number of rotatable bonds is 6. The highest BCUT2D eigenvalue weighted by Gasteiger charge is 2.36. The molecular formula is C31H37FO. The minimum absolute atomic E-state index is 0.0902. The molecule has 4 atom stereocenters. The zero-order valence-electron chi connectivity index (χ0n) is 20.2. The molecule has 33 heavy (non-hydrogen) atoms. The molecule has 0 aromatic heterocycles. The first-order valence-corrected chi connectivity index (χ1v) is 12.8. The van der Waals surface area contributed by atoms with Crippen molar-refractivity contribution in [3.05, 3.63) is 82.7 Å². The van der Waals surface area contributed by atoms with Crippen LogP contribution in [0.4, 0.5) is 4.39 Å². The smallest absolute Gasteiger partial charge is 0.127 e. The minimum atomic E-state index is -0.0902. The van der Waals surface area contributed by atoms with Gasteiger partial charge in [0.15, 0.2) is 0 Å². The van der Waals surface area contributed by atoms with E-state index in [1.54, 1.807) is 6.07 Å². The summed E-state index contributed by atoms with van der Waals surface area (Å²) in [5.74, 6) is 8.07. The number of ether oxygens (including phenoxy) is 1. The largest absolute Gasteiger partial charge is 0.378 e. The Balaban J connectivity index is 1.36. The van der Waals surface area contributed by atoms with Crippen LogP contribution in [0.3, 0.4) is 0 Å². The summed E-state index contributed by atoms with van der Waals surface area (Å²) in [7, 11) is 0. The van der Waals surface area contributed by atoms with E-state index in [4.69, 9.17) is 4.74 Å². The average molecular weight is 445 g/mol. The fourth-order valence-electron chi connectivity index (χ4n) is 5.77. The fourth-order valence-corrected chi connectivity index (χ4v) is 5.77. The molecule has 2 saturated carbocycles. The van der Waals surface area contributed by atoms with Gasteiger partial charge in [0.2, 0.25) is 0 Å². The van der Waals surface area contributed by atoms with Gasteiger partial charge in [0.25, 0.3) is 0 Å². The van der Waals surface area contributed by atoms with Crippen molar-refractivity contribution in [1.29, 1.82) is 0 Å². The van der Waals surface area contributed by atoms with Crippen LogP contribution in [-0.4, -0.2) is 12.7 Å². The Morgan fingerprint density at radius 1 is 0.939 bits per heavy atom. The van der Waals surface area contributed by atoms with Crippen molar-refractivity contribution >= 4 is 0 Å². The maximum atomic E-state index is 15.1. The molecule has 2 aliphatic carbocycles. The molecule has 0 aliphatic heterocycles. The lowest BCUT2D eigenvalue weighted by molar-refractivity contribution is -0.00968. The lowest BCUT2D eigenvalue weighted by Crippen LogP contribution is -2.33. The molecule has 0 amide bonds. The summed E-state index contributed by atoms with van der Waals surface area (Å²) in [6.07, 6.45) is 13.8. The van der Waals surface area contributed by atoms with Crippen LogP contribution in [-0.2, 0) is 11.2 Å². The Bertz CT molecular complexity index is 994. The van der Waals surface area contributed by atoms with Crippen LogP contribution in [0.2, 0.25) is 0 Å². The molecule has 0 spiro atoms. The molecule has 2 heteroatoms. The average Bonchev–Trinajstić information content (AvgIpc) is 2.84. The van der Waals surface area contributed by atoms with E-state index in [-0.39, 0.29) is 5.82 Å². The van der Waals surface area contributed by atoms with Crippen LogP contribution in [0.5, 0.6) is 0 Å². The molecule has 0 N–H and O–H groups in total. The van der Waals surface area contributed by atoms with Crippen molar-refractivity contribution in [1.82, 2.24) is 0 Å². The molecular weight excluding hydrogens is 407 g/mol. The summed E-state index contributed by atoms with van der Waals surface area (Å²) in [5, 5.41) is 0. The van der Waals surface area contributed by atoms with E-state index >= 15 is 4.39 Å². The number of allylic oxidation sites excluding steroid dienone is 2. The second-order valence-corrected chi connectivity index (χ2v) is 9.71. The summed E-state index contributed by atoms with van der Waals surface area (Å²) in [4.78, 5) is 0. The second kappa shape index (κ2) is 11.7. The van der Waals surface area contributed by atoms with Crippen LogP contribution < -0.4 is 0 Å². The van der Waals surface area contributed by atoms with Crippen molar-refractivity contribution in [3.8, 4) is 11.8 Å². The van der Waals surface area contributed by atoms with Crippen molar-refractivity contribution in [3.63, 3.8) is 0 Å². The molecule has 0 radical (unpaired) electrons. The van der Waals surface area contributed by atoms with E-state index in [0.717, 1.165) is 67.2 Å². The molecule has 2 aromatic rings. The first-order chi connectivity index (χ1) is 16.2. The first-order valence-electron chi connectivity index (χ1n) is 12.8. The topological polar surface area (TPSA) is 9.23 Å². The molecule has 0 bridgehead atoms. The van der Waals surface area contributed by atoms with Gasteiger partial charge in [-0.1, -0.05) is 42.2 Å². The van der Waals surface area contributed by atoms with Gasteiger partial charge < -0.3 is 4.74 Å². The van der Waals surface area contributed by atoms with Crippen LogP contribution in [0.25, 0.3) is 0 Å². The summed E-state index contributed by atoms with van der Waals surface area (Å²) in [6, 6.07) is 14.0. The predicted octanol–water partition coefficient (Wildman–Crippen LogP) is 7.82. The standard InChI is InChI=1S/C31H37FO/c1-3-5-6-7-23-8-10-24(11-9-23)12-13-25-14-19-30(31(32)20-25)28-16-15-27-22-29(33-4-2)18-17-26(27)21-28/h3,5,8-11,14,19-20,26-29H,4,6-7,15-18,21-22H2,1-2H3/b5-3+. The van der Waals surface area contributed by atoms with Gasteiger partial charge in [-0.05, 0) is 118 Å². The molecule has 174 valence electrons. The van der Waals surface area contributed by atoms with Crippen molar-refractivity contribution < 1.29 is 9.13 Å². The number of aryl methyl sites for hydroxylation is 1. The highest BCUT2D eigenvalue weighted by Crippen LogP contribution is 2.47. The molecule has 0 heterocycles. The lowest BCUT2D eigenvalue weighted by atomic mass is 9.65. The monoisotopic (exact) mass is 444 g/mol. The molecule has 1 nitrogen and oxygen atoms in total. The Morgan fingerprint density at radius 3 is 2.42 bits per heavy atom. The third kappa shape index (κ3) is 6.36. The molecule has 4 rings (SSSR count). The maximum absolute atomic E-state index is 15.1. The minimum Gasteiger partial charge on any atom is -0.378 e. The van der Waals surface area contributed by atoms with Crippen molar-refractivity contribution in [2.75, 3.05) is 6.61 Å². The quantitative estimate of drug-likeness (QED) is 0.326. The predicted molar refractivity (Wildman–Crippen MR) is 135 cm³/mol. The second-order valence-electron chi connectivity index (χ2n) is 9.71. The van der Waals surface area contributed by atoms with E-state index in [9.17, 15) is 0 Å². The zero-order valence-corrected chi connectivity index (χ0v) is 20.2. The van der Waals surface area contributed by atoms with Gasteiger partial charge in [0, 0.05) is 17.7 Å². The zero-order chi connectivity index (χ0) is 23.0. The molecule has 2 aliphatic rings. The van der Waals surface area contributed by atoms with E-state index in [1.807, 2.05) is 19.1 Å². The number of hydrogen-bond donors (Lipinski definition) is 0. The van der Waals surface area contributed by atoms with E-state index in [0.29, 0.717) is 12.0 Å². The third-order valence-corrected chi connectivity index (χ3v) is 7.55. The van der Waals surface area contributed by atoms with Gasteiger partial charge in [0.1, 0.15) is 5.82 Å². The van der Waals surface area contributed by atoms with Crippen molar-refractivity contribution in [2.24, 2.45) is 11.8 Å². The molecule has 2 fully saturated rings. The highest BCUT2D eigenvalue weighted by atomic mass is 19.1. The maximum Gasteiger partial charge on any atom is 0.127 e. The Morgan fingerprint density at radius 2 is 1.67 bits per heavy atom.